The minimum atomic E-state index is -0.499. The number of hydrogen-bond donors (Lipinski definition) is 2. The Bertz CT molecular complexity index is 697. The second-order valence-corrected chi connectivity index (χ2v) is 6.32. The van der Waals surface area contributed by atoms with Crippen molar-refractivity contribution in [1.29, 1.82) is 0 Å². The molecular formula is C17H22N4O2. The standard InChI is InChI=1S/C17H22N4O2/c1-11-4-3-5-18-15(11)8-17(23)21-9-13(16(22)10-21)7-14-6-12(2)19-20-14/h3-6,13,16,22H,7-10H2,1-2H3,(H,19,20)/t13-,16+/m1/s1. The fourth-order valence-corrected chi connectivity index (χ4v) is 3.06. The fraction of sp³-hybridized carbons (Fsp3) is 0.471. The highest BCUT2D eigenvalue weighted by atomic mass is 16.3. The van der Waals surface area contributed by atoms with Gasteiger partial charge in [-0.3, -0.25) is 14.9 Å². The summed E-state index contributed by atoms with van der Waals surface area (Å²) in [5.41, 5.74) is 3.76. The quantitative estimate of drug-likeness (QED) is 0.883. The molecule has 23 heavy (non-hydrogen) atoms. The molecule has 1 saturated heterocycles. The molecule has 0 saturated carbocycles. The van der Waals surface area contributed by atoms with Gasteiger partial charge in [-0.1, -0.05) is 6.07 Å². The molecule has 3 heterocycles. The molecule has 0 radical (unpaired) electrons. The Morgan fingerprint density at radius 2 is 2.26 bits per heavy atom. The molecule has 2 N–H and O–H groups in total. The SMILES string of the molecule is Cc1cc(C[C@@H]2CN(C(=O)Cc3ncccc3C)C[C@@H]2O)n[nH]1. The highest BCUT2D eigenvalue weighted by Crippen LogP contribution is 2.22. The van der Waals surface area contributed by atoms with Crippen LogP contribution in [0.5, 0.6) is 0 Å². The Kier molecular flexibility index (Phi) is 4.43. The number of rotatable bonds is 4. The molecule has 2 aromatic heterocycles. The van der Waals surface area contributed by atoms with Crippen molar-refractivity contribution >= 4 is 5.91 Å². The van der Waals surface area contributed by atoms with Gasteiger partial charge >= 0.3 is 0 Å². The van der Waals surface area contributed by atoms with E-state index in [0.717, 1.165) is 22.6 Å². The van der Waals surface area contributed by atoms with Crippen molar-refractivity contribution < 1.29 is 9.90 Å². The van der Waals surface area contributed by atoms with Crippen LogP contribution in [-0.2, 0) is 17.6 Å². The lowest BCUT2D eigenvalue weighted by molar-refractivity contribution is -0.129. The van der Waals surface area contributed by atoms with E-state index in [2.05, 4.69) is 15.2 Å². The molecular weight excluding hydrogens is 292 g/mol. The summed E-state index contributed by atoms with van der Waals surface area (Å²) < 4.78 is 0. The highest BCUT2D eigenvalue weighted by molar-refractivity contribution is 5.79. The van der Waals surface area contributed by atoms with Crippen LogP contribution in [0.15, 0.2) is 24.4 Å². The maximum Gasteiger partial charge on any atom is 0.228 e. The van der Waals surface area contributed by atoms with Crippen LogP contribution in [0, 0.1) is 19.8 Å². The summed E-state index contributed by atoms with van der Waals surface area (Å²) >= 11 is 0. The Hall–Kier alpha value is -2.21. The largest absolute Gasteiger partial charge is 0.391 e. The molecule has 6 nitrogen and oxygen atoms in total. The molecule has 6 heteroatoms. The van der Waals surface area contributed by atoms with E-state index in [4.69, 9.17) is 0 Å². The number of aryl methyl sites for hydroxylation is 2. The number of H-pyrrole nitrogens is 1. The third-order valence-corrected chi connectivity index (χ3v) is 4.43. The molecule has 1 fully saturated rings. The van der Waals surface area contributed by atoms with E-state index in [1.54, 1.807) is 11.1 Å². The average molecular weight is 314 g/mol. The minimum absolute atomic E-state index is 0.0200. The summed E-state index contributed by atoms with van der Waals surface area (Å²) in [5, 5.41) is 17.4. The number of carbonyl (C=O) groups excluding carboxylic acids is 1. The third kappa shape index (κ3) is 3.59. The Morgan fingerprint density at radius 3 is 2.96 bits per heavy atom. The van der Waals surface area contributed by atoms with Crippen LogP contribution in [0.2, 0.25) is 0 Å². The molecule has 0 aromatic carbocycles. The summed E-state index contributed by atoms with van der Waals surface area (Å²) in [6.07, 6.45) is 2.17. The van der Waals surface area contributed by atoms with Gasteiger partial charge < -0.3 is 10.0 Å². The third-order valence-electron chi connectivity index (χ3n) is 4.43. The first kappa shape index (κ1) is 15.7. The molecule has 1 aliphatic heterocycles. The van der Waals surface area contributed by atoms with Crippen molar-refractivity contribution in [3.8, 4) is 0 Å². The van der Waals surface area contributed by atoms with Gasteiger partial charge in [0, 0.05) is 30.9 Å². The molecule has 0 bridgehead atoms. The smallest absolute Gasteiger partial charge is 0.228 e. The minimum Gasteiger partial charge on any atom is -0.391 e. The van der Waals surface area contributed by atoms with Crippen LogP contribution < -0.4 is 0 Å². The van der Waals surface area contributed by atoms with Crippen molar-refractivity contribution in [3.05, 3.63) is 47.0 Å². The van der Waals surface area contributed by atoms with Gasteiger partial charge in [0.2, 0.25) is 5.91 Å². The van der Waals surface area contributed by atoms with Crippen LogP contribution in [0.1, 0.15) is 22.6 Å². The molecule has 1 amide bonds. The second kappa shape index (κ2) is 6.50. The van der Waals surface area contributed by atoms with Crippen molar-refractivity contribution in [1.82, 2.24) is 20.1 Å². The first-order valence-corrected chi connectivity index (χ1v) is 7.90. The Balaban J connectivity index is 1.61. The number of β-amino-alcohol motifs (C(OH)–C–C–N with tert-alkyl or cyclic N) is 1. The number of aliphatic hydroxyl groups is 1. The van der Waals surface area contributed by atoms with Gasteiger partial charge in [-0.05, 0) is 38.0 Å². The van der Waals surface area contributed by atoms with Gasteiger partial charge in [0.15, 0.2) is 0 Å². The van der Waals surface area contributed by atoms with E-state index in [-0.39, 0.29) is 18.2 Å². The van der Waals surface area contributed by atoms with Crippen LogP contribution >= 0.6 is 0 Å². The van der Waals surface area contributed by atoms with E-state index in [1.807, 2.05) is 32.0 Å². The summed E-state index contributed by atoms with van der Waals surface area (Å²) in [7, 11) is 0. The van der Waals surface area contributed by atoms with Crippen molar-refractivity contribution in [3.63, 3.8) is 0 Å². The van der Waals surface area contributed by atoms with Gasteiger partial charge in [0.05, 0.1) is 23.9 Å². The zero-order chi connectivity index (χ0) is 16.4. The second-order valence-electron chi connectivity index (χ2n) is 6.32. The van der Waals surface area contributed by atoms with E-state index < -0.39 is 6.10 Å². The topological polar surface area (TPSA) is 82.1 Å². The van der Waals surface area contributed by atoms with Gasteiger partial charge in [0.1, 0.15) is 0 Å². The lowest BCUT2D eigenvalue weighted by Gasteiger charge is -2.16. The maximum atomic E-state index is 12.5. The van der Waals surface area contributed by atoms with Gasteiger partial charge in [0.25, 0.3) is 0 Å². The Labute approximate surface area is 135 Å². The van der Waals surface area contributed by atoms with E-state index >= 15 is 0 Å². The fourth-order valence-electron chi connectivity index (χ4n) is 3.06. The summed E-state index contributed by atoms with van der Waals surface area (Å²) in [6.45, 7) is 4.86. The molecule has 1 aliphatic rings. The Morgan fingerprint density at radius 1 is 1.43 bits per heavy atom. The van der Waals surface area contributed by atoms with Crippen molar-refractivity contribution in [2.45, 2.75) is 32.8 Å². The molecule has 0 aliphatic carbocycles. The summed E-state index contributed by atoms with van der Waals surface area (Å²) in [4.78, 5) is 18.5. The first-order chi connectivity index (χ1) is 11.0. The number of nitrogens with one attached hydrogen (secondary N) is 1. The average Bonchev–Trinajstić information content (AvgIpc) is 3.08. The molecule has 2 aromatic rings. The monoisotopic (exact) mass is 314 g/mol. The number of aromatic nitrogens is 3. The zero-order valence-corrected chi connectivity index (χ0v) is 13.5. The molecule has 3 rings (SSSR count). The predicted molar refractivity (Wildman–Crippen MR) is 85.8 cm³/mol. The van der Waals surface area contributed by atoms with Crippen molar-refractivity contribution in [2.75, 3.05) is 13.1 Å². The van der Waals surface area contributed by atoms with Gasteiger partial charge in [-0.15, -0.1) is 0 Å². The number of pyridine rings is 1. The van der Waals surface area contributed by atoms with E-state index in [9.17, 15) is 9.90 Å². The molecule has 0 spiro atoms. The van der Waals surface area contributed by atoms with Crippen LogP contribution in [0.3, 0.4) is 0 Å². The predicted octanol–water partition coefficient (Wildman–Crippen LogP) is 1.03. The number of likely N-dealkylation sites (tertiary alicyclic amines) is 1. The molecule has 0 unspecified atom stereocenters. The number of nitrogens with zero attached hydrogens (tertiary/aromatic N) is 3. The number of aliphatic hydroxyl groups excluding tert-OH is 1. The summed E-state index contributed by atoms with van der Waals surface area (Å²) in [6, 6.07) is 5.80. The van der Waals surface area contributed by atoms with Crippen molar-refractivity contribution in [2.24, 2.45) is 5.92 Å². The van der Waals surface area contributed by atoms with Crippen LogP contribution in [-0.4, -0.2) is 50.3 Å². The lowest BCUT2D eigenvalue weighted by Crippen LogP contribution is -2.31. The van der Waals surface area contributed by atoms with Crippen LogP contribution in [0.4, 0.5) is 0 Å². The number of aromatic amines is 1. The maximum absolute atomic E-state index is 12.5. The van der Waals surface area contributed by atoms with E-state index in [1.165, 1.54) is 0 Å². The first-order valence-electron chi connectivity index (χ1n) is 7.90. The van der Waals surface area contributed by atoms with Crippen LogP contribution in [0.25, 0.3) is 0 Å². The highest BCUT2D eigenvalue weighted by Gasteiger charge is 2.34. The molecule has 2 atom stereocenters. The van der Waals surface area contributed by atoms with Gasteiger partial charge in [-0.25, -0.2) is 0 Å². The van der Waals surface area contributed by atoms with E-state index in [0.29, 0.717) is 19.5 Å². The number of carbonyl (C=O) groups is 1. The number of amides is 1. The normalized spacial score (nSPS) is 20.9. The van der Waals surface area contributed by atoms with Gasteiger partial charge in [-0.2, -0.15) is 5.10 Å². The lowest BCUT2D eigenvalue weighted by atomic mass is 10.0. The molecule has 122 valence electrons. The number of hydrogen-bond acceptors (Lipinski definition) is 4. The summed E-state index contributed by atoms with van der Waals surface area (Å²) in [5.74, 6) is 0.0537. The zero-order valence-electron chi connectivity index (χ0n) is 13.5.